The first-order valence-corrected chi connectivity index (χ1v) is 6.64. The highest BCUT2D eigenvalue weighted by molar-refractivity contribution is 6.19. The molecule has 0 spiro atoms. The first kappa shape index (κ1) is 11.3. The third kappa shape index (κ3) is 1.50. The standard InChI is InChI=1S/C17H14N2O/c1-19-8-7-11-3-5-16-17(14(11)10-19)13-9-12(20-2)4-6-15(13)18-16/h3-10H,1-2H3/p+1. The fourth-order valence-corrected chi connectivity index (χ4v) is 2.87. The number of pyridine rings is 1. The van der Waals surface area contributed by atoms with Crippen LogP contribution in [0.5, 0.6) is 5.75 Å². The van der Waals surface area contributed by atoms with Crippen molar-refractivity contribution in [3.05, 3.63) is 48.8 Å². The second-order valence-electron chi connectivity index (χ2n) is 5.14. The lowest BCUT2D eigenvalue weighted by Crippen LogP contribution is -2.25. The number of hydrogen-bond donors (Lipinski definition) is 1. The summed E-state index contributed by atoms with van der Waals surface area (Å²) in [5.41, 5.74) is 2.30. The number of ether oxygens (including phenoxy) is 1. The highest BCUT2D eigenvalue weighted by Gasteiger charge is 2.11. The van der Waals surface area contributed by atoms with E-state index in [1.54, 1.807) is 7.11 Å². The summed E-state index contributed by atoms with van der Waals surface area (Å²) in [6.45, 7) is 0. The monoisotopic (exact) mass is 263 g/mol. The molecule has 0 unspecified atom stereocenters. The van der Waals surface area contributed by atoms with Gasteiger partial charge in [0.05, 0.1) is 12.5 Å². The van der Waals surface area contributed by atoms with Crippen molar-refractivity contribution in [3.8, 4) is 5.75 Å². The first-order chi connectivity index (χ1) is 9.76. The molecule has 2 aromatic carbocycles. The fraction of sp³-hybridized carbons (Fsp3) is 0.118. The lowest BCUT2D eigenvalue weighted by Gasteiger charge is -2.01. The second kappa shape index (κ2) is 3.97. The molecular formula is C17H15N2O+. The molecule has 0 aliphatic rings. The molecule has 20 heavy (non-hydrogen) atoms. The SMILES string of the molecule is COc1ccc2[nH]c3ccc4cc[n+](C)cc4c3c2c1. The number of fused-ring (bicyclic) bond motifs is 5. The molecule has 4 rings (SSSR count). The Balaban J connectivity index is 2.26. The number of H-pyrrole nitrogens is 1. The number of aryl methyl sites for hydroxylation is 1. The van der Waals surface area contributed by atoms with Gasteiger partial charge in [-0.1, -0.05) is 6.07 Å². The van der Waals surface area contributed by atoms with Crippen LogP contribution in [0, 0.1) is 0 Å². The first-order valence-electron chi connectivity index (χ1n) is 6.64. The molecule has 0 saturated heterocycles. The van der Waals surface area contributed by atoms with Gasteiger partial charge >= 0.3 is 0 Å². The third-order valence-corrected chi connectivity index (χ3v) is 3.87. The summed E-state index contributed by atoms with van der Waals surface area (Å²) >= 11 is 0. The van der Waals surface area contributed by atoms with Gasteiger partial charge in [-0.25, -0.2) is 4.57 Å². The minimum atomic E-state index is 0.885. The van der Waals surface area contributed by atoms with Crippen LogP contribution in [0.2, 0.25) is 0 Å². The molecule has 2 heterocycles. The van der Waals surface area contributed by atoms with Gasteiger partial charge in [0, 0.05) is 27.9 Å². The van der Waals surface area contributed by atoms with E-state index >= 15 is 0 Å². The molecule has 3 nitrogen and oxygen atoms in total. The number of nitrogens with zero attached hydrogens (tertiary/aromatic N) is 1. The highest BCUT2D eigenvalue weighted by Crippen LogP contribution is 2.33. The lowest BCUT2D eigenvalue weighted by molar-refractivity contribution is -0.670. The van der Waals surface area contributed by atoms with Gasteiger partial charge in [-0.15, -0.1) is 0 Å². The number of hydrogen-bond acceptors (Lipinski definition) is 1. The van der Waals surface area contributed by atoms with Crippen LogP contribution in [0.4, 0.5) is 0 Å². The van der Waals surface area contributed by atoms with E-state index in [4.69, 9.17) is 4.74 Å². The Bertz CT molecular complexity index is 953. The van der Waals surface area contributed by atoms with Crippen molar-refractivity contribution >= 4 is 32.6 Å². The van der Waals surface area contributed by atoms with Crippen LogP contribution < -0.4 is 9.30 Å². The molecule has 0 aliphatic heterocycles. The van der Waals surface area contributed by atoms with Crippen LogP contribution in [0.3, 0.4) is 0 Å². The fourth-order valence-electron chi connectivity index (χ4n) is 2.87. The smallest absolute Gasteiger partial charge is 0.177 e. The number of benzene rings is 2. The quantitative estimate of drug-likeness (QED) is 0.524. The highest BCUT2D eigenvalue weighted by atomic mass is 16.5. The van der Waals surface area contributed by atoms with Crippen molar-refractivity contribution in [2.24, 2.45) is 7.05 Å². The van der Waals surface area contributed by atoms with Gasteiger partial charge in [0.1, 0.15) is 12.8 Å². The van der Waals surface area contributed by atoms with Crippen LogP contribution in [-0.4, -0.2) is 12.1 Å². The van der Waals surface area contributed by atoms with Crippen LogP contribution >= 0.6 is 0 Å². The van der Waals surface area contributed by atoms with Crippen LogP contribution in [-0.2, 0) is 7.05 Å². The van der Waals surface area contributed by atoms with Gasteiger partial charge in [-0.05, 0) is 29.7 Å². The van der Waals surface area contributed by atoms with E-state index in [9.17, 15) is 0 Å². The van der Waals surface area contributed by atoms with E-state index in [2.05, 4.69) is 52.3 Å². The minimum absolute atomic E-state index is 0.885. The summed E-state index contributed by atoms with van der Waals surface area (Å²) in [4.78, 5) is 3.48. The maximum absolute atomic E-state index is 5.36. The van der Waals surface area contributed by atoms with Gasteiger partial charge in [0.2, 0.25) is 0 Å². The molecule has 0 aliphatic carbocycles. The molecule has 0 atom stereocenters. The lowest BCUT2D eigenvalue weighted by atomic mass is 10.1. The number of aromatic amines is 1. The van der Waals surface area contributed by atoms with Gasteiger partial charge in [0.15, 0.2) is 12.4 Å². The Morgan fingerprint density at radius 1 is 1.00 bits per heavy atom. The molecule has 0 saturated carbocycles. The van der Waals surface area contributed by atoms with Crippen molar-refractivity contribution in [2.45, 2.75) is 0 Å². The molecule has 0 amide bonds. The van der Waals surface area contributed by atoms with E-state index in [0.717, 1.165) is 16.8 Å². The third-order valence-electron chi connectivity index (χ3n) is 3.87. The summed E-state index contributed by atoms with van der Waals surface area (Å²) in [5, 5.41) is 4.97. The van der Waals surface area contributed by atoms with E-state index in [0.29, 0.717) is 0 Å². The molecule has 98 valence electrons. The molecule has 2 aromatic heterocycles. The maximum atomic E-state index is 5.36. The zero-order valence-electron chi connectivity index (χ0n) is 11.5. The van der Waals surface area contributed by atoms with Crippen LogP contribution in [0.1, 0.15) is 0 Å². The molecule has 1 N–H and O–H groups in total. The van der Waals surface area contributed by atoms with E-state index in [1.165, 1.54) is 21.5 Å². The maximum Gasteiger partial charge on any atom is 0.177 e. The predicted octanol–water partition coefficient (Wildman–Crippen LogP) is 3.31. The van der Waals surface area contributed by atoms with Gasteiger partial charge in [-0.3, -0.25) is 0 Å². The Morgan fingerprint density at radius 2 is 1.85 bits per heavy atom. The molecule has 0 radical (unpaired) electrons. The zero-order valence-corrected chi connectivity index (χ0v) is 11.5. The average molecular weight is 263 g/mol. The van der Waals surface area contributed by atoms with Gasteiger partial charge in [0.25, 0.3) is 0 Å². The Labute approximate surface area is 116 Å². The zero-order chi connectivity index (χ0) is 13.7. The number of aromatic nitrogens is 2. The molecular weight excluding hydrogens is 248 g/mol. The van der Waals surface area contributed by atoms with Crippen molar-refractivity contribution in [2.75, 3.05) is 7.11 Å². The normalized spacial score (nSPS) is 11.5. The molecule has 0 fully saturated rings. The summed E-state index contributed by atoms with van der Waals surface area (Å²) in [6, 6.07) is 12.6. The van der Waals surface area contributed by atoms with E-state index in [1.807, 2.05) is 13.1 Å². The van der Waals surface area contributed by atoms with Gasteiger partial charge < -0.3 is 9.72 Å². The van der Waals surface area contributed by atoms with E-state index in [-0.39, 0.29) is 0 Å². The van der Waals surface area contributed by atoms with Crippen molar-refractivity contribution in [1.82, 2.24) is 4.98 Å². The molecule has 4 aromatic rings. The number of methoxy groups -OCH3 is 1. The Kier molecular flexibility index (Phi) is 2.24. The van der Waals surface area contributed by atoms with Crippen LogP contribution in [0.25, 0.3) is 32.6 Å². The molecule has 3 heteroatoms. The average Bonchev–Trinajstić information content (AvgIpc) is 2.84. The Morgan fingerprint density at radius 3 is 2.70 bits per heavy atom. The summed E-state index contributed by atoms with van der Waals surface area (Å²) < 4.78 is 7.44. The second-order valence-corrected chi connectivity index (χ2v) is 5.14. The minimum Gasteiger partial charge on any atom is -0.497 e. The van der Waals surface area contributed by atoms with Crippen molar-refractivity contribution in [1.29, 1.82) is 0 Å². The largest absolute Gasteiger partial charge is 0.497 e. The van der Waals surface area contributed by atoms with Crippen molar-refractivity contribution in [3.63, 3.8) is 0 Å². The topological polar surface area (TPSA) is 28.9 Å². The summed E-state index contributed by atoms with van der Waals surface area (Å²) in [6.07, 6.45) is 4.24. The summed E-state index contributed by atoms with van der Waals surface area (Å²) in [7, 11) is 3.75. The number of nitrogens with one attached hydrogen (secondary N) is 1. The molecule has 0 bridgehead atoms. The number of rotatable bonds is 1. The Hall–Kier alpha value is -2.55. The van der Waals surface area contributed by atoms with E-state index < -0.39 is 0 Å². The predicted molar refractivity (Wildman–Crippen MR) is 81.0 cm³/mol. The van der Waals surface area contributed by atoms with Crippen LogP contribution in [0.15, 0.2) is 48.8 Å². The van der Waals surface area contributed by atoms with Crippen molar-refractivity contribution < 1.29 is 9.30 Å². The summed E-state index contributed by atoms with van der Waals surface area (Å²) in [5.74, 6) is 0.885. The van der Waals surface area contributed by atoms with Gasteiger partial charge in [-0.2, -0.15) is 0 Å².